The van der Waals surface area contributed by atoms with Gasteiger partial charge in [-0.25, -0.2) is 0 Å². The number of primary amides is 1. The van der Waals surface area contributed by atoms with Gasteiger partial charge in [-0.1, -0.05) is 11.8 Å². The quantitative estimate of drug-likeness (QED) is 0.524. The van der Waals surface area contributed by atoms with E-state index in [2.05, 4.69) is 10.3 Å². The number of amides is 2. The Morgan fingerprint density at radius 2 is 1.90 bits per heavy atom. The molecule has 0 aromatic heterocycles. The van der Waals surface area contributed by atoms with Gasteiger partial charge in [0.1, 0.15) is 11.9 Å². The van der Waals surface area contributed by atoms with Crippen LogP contribution in [0.1, 0.15) is 19.3 Å². The molecule has 168 valence electrons. The lowest BCUT2D eigenvalue weighted by atomic mass is 9.80. The van der Waals surface area contributed by atoms with Crippen LogP contribution in [0.3, 0.4) is 0 Å². The summed E-state index contributed by atoms with van der Waals surface area (Å²) in [5, 5.41) is 24.5. The number of nitrogens with two attached hydrogens (primary N) is 1. The van der Waals surface area contributed by atoms with Crippen molar-refractivity contribution in [2.24, 2.45) is 22.6 Å². The number of aliphatic hydroxyl groups is 2. The van der Waals surface area contributed by atoms with Crippen molar-refractivity contribution in [2.45, 2.75) is 42.8 Å². The molecule has 0 bridgehead atoms. The number of piperidine rings is 1. The zero-order valence-corrected chi connectivity index (χ0v) is 18.1. The van der Waals surface area contributed by atoms with E-state index in [0.29, 0.717) is 31.1 Å². The highest BCUT2D eigenvalue weighted by atomic mass is 32.2. The number of aliphatic hydroxyl groups excluding tert-OH is 2. The molecule has 9 nitrogen and oxygen atoms in total. The summed E-state index contributed by atoms with van der Waals surface area (Å²) in [5.41, 5.74) is 6.21. The Morgan fingerprint density at radius 1 is 1.23 bits per heavy atom. The minimum atomic E-state index is -1.02. The van der Waals surface area contributed by atoms with E-state index in [1.807, 2.05) is 24.3 Å². The molecule has 5 atom stereocenters. The summed E-state index contributed by atoms with van der Waals surface area (Å²) in [6.07, 6.45) is -0.725. The largest absolute Gasteiger partial charge is 0.497 e. The standard InChI is InChI=1S/C21H28N4O5S/c1-30-13-4-2-12(3-5-13)23-21-24-16-17(27)15(26)10-14(18(16)31-21)20(29)25-8-6-11(7-9-25)19(22)28/h2-5,11,14-18,26-27H,6-10H2,1H3,(H2,22,28)(H,23,24)/t14-,15+,16-,17-,18+/m0/s1. The van der Waals surface area contributed by atoms with Crippen LogP contribution in [0.2, 0.25) is 0 Å². The number of thioether (sulfide) groups is 1. The van der Waals surface area contributed by atoms with Gasteiger partial charge in [-0.15, -0.1) is 0 Å². The van der Waals surface area contributed by atoms with Crippen molar-refractivity contribution in [3.8, 4) is 5.75 Å². The Labute approximate surface area is 185 Å². The van der Waals surface area contributed by atoms with Crippen molar-refractivity contribution in [2.75, 3.05) is 25.5 Å². The summed E-state index contributed by atoms with van der Waals surface area (Å²) < 4.78 is 5.17. The second-order valence-corrected chi connectivity index (χ2v) is 9.43. The molecule has 1 aliphatic carbocycles. The normalized spacial score (nSPS) is 31.0. The molecule has 1 saturated carbocycles. The lowest BCUT2D eigenvalue weighted by Crippen LogP contribution is -2.55. The number of aliphatic imine (C=N–C) groups is 1. The molecule has 3 aliphatic rings. The highest BCUT2D eigenvalue weighted by molar-refractivity contribution is 8.15. The van der Waals surface area contributed by atoms with Crippen LogP contribution in [0, 0.1) is 11.8 Å². The predicted molar refractivity (Wildman–Crippen MR) is 118 cm³/mol. The van der Waals surface area contributed by atoms with Crippen LogP contribution in [-0.2, 0) is 9.59 Å². The van der Waals surface area contributed by atoms with Gasteiger partial charge >= 0.3 is 0 Å². The molecule has 1 saturated heterocycles. The number of anilines is 1. The summed E-state index contributed by atoms with van der Waals surface area (Å²) in [4.78, 5) is 31.0. The van der Waals surface area contributed by atoms with Crippen LogP contribution in [0.5, 0.6) is 5.75 Å². The maximum Gasteiger partial charge on any atom is 0.227 e. The number of nitrogens with zero attached hydrogens (tertiary/aromatic N) is 2. The Bertz CT molecular complexity index is 856. The first kappa shape index (κ1) is 21.9. The van der Waals surface area contributed by atoms with Gasteiger partial charge in [0.15, 0.2) is 5.17 Å². The molecule has 10 heteroatoms. The minimum Gasteiger partial charge on any atom is -0.497 e. The third-order valence-electron chi connectivity index (χ3n) is 6.35. The molecule has 5 N–H and O–H groups in total. The van der Waals surface area contributed by atoms with Crippen molar-refractivity contribution in [3.63, 3.8) is 0 Å². The van der Waals surface area contributed by atoms with Crippen LogP contribution in [0.4, 0.5) is 5.69 Å². The number of rotatable bonds is 4. The van der Waals surface area contributed by atoms with E-state index in [-0.39, 0.29) is 29.4 Å². The average molecular weight is 449 g/mol. The molecule has 2 aliphatic heterocycles. The fourth-order valence-corrected chi connectivity index (χ4v) is 5.88. The van der Waals surface area contributed by atoms with Gasteiger partial charge in [0.05, 0.1) is 25.2 Å². The maximum atomic E-state index is 13.3. The van der Waals surface area contributed by atoms with Gasteiger partial charge in [-0.3, -0.25) is 14.6 Å². The second-order valence-electron chi connectivity index (χ2n) is 8.26. The Kier molecular flexibility index (Phi) is 6.40. The first-order chi connectivity index (χ1) is 14.9. The van der Waals surface area contributed by atoms with Crippen molar-refractivity contribution in [1.29, 1.82) is 0 Å². The summed E-state index contributed by atoms with van der Waals surface area (Å²) >= 11 is 1.43. The molecule has 4 rings (SSSR count). The van der Waals surface area contributed by atoms with E-state index < -0.39 is 24.2 Å². The molecular weight excluding hydrogens is 420 g/mol. The fraction of sp³-hybridized carbons (Fsp3) is 0.571. The average Bonchev–Trinajstić information content (AvgIpc) is 3.20. The summed E-state index contributed by atoms with van der Waals surface area (Å²) in [7, 11) is 1.60. The molecular formula is C21H28N4O5S. The summed E-state index contributed by atoms with van der Waals surface area (Å²) in [6.45, 7) is 0.947. The highest BCUT2D eigenvalue weighted by Gasteiger charge is 2.51. The van der Waals surface area contributed by atoms with Crippen molar-refractivity contribution >= 4 is 34.4 Å². The second kappa shape index (κ2) is 9.05. The van der Waals surface area contributed by atoms with Crippen LogP contribution >= 0.6 is 11.8 Å². The lowest BCUT2D eigenvalue weighted by molar-refractivity contribution is -0.142. The van der Waals surface area contributed by atoms with Gasteiger partial charge in [0, 0.05) is 29.9 Å². The van der Waals surface area contributed by atoms with Crippen LogP contribution in [-0.4, -0.2) is 75.8 Å². The Balaban J connectivity index is 1.45. The zero-order valence-electron chi connectivity index (χ0n) is 17.3. The number of fused-ring (bicyclic) bond motifs is 1. The summed E-state index contributed by atoms with van der Waals surface area (Å²) in [6, 6.07) is 6.82. The number of nitrogens with one attached hydrogen (secondary N) is 1. The van der Waals surface area contributed by atoms with Gasteiger partial charge in [-0.2, -0.15) is 0 Å². The number of hydrogen-bond donors (Lipinski definition) is 4. The molecule has 1 aromatic carbocycles. The van der Waals surface area contributed by atoms with Gasteiger partial charge in [0.25, 0.3) is 0 Å². The first-order valence-electron chi connectivity index (χ1n) is 10.5. The predicted octanol–water partition coefficient (Wildman–Crippen LogP) is 0.413. The lowest BCUT2D eigenvalue weighted by Gasteiger charge is -2.40. The smallest absolute Gasteiger partial charge is 0.227 e. The number of hydrogen-bond acceptors (Lipinski definition) is 8. The number of benzene rings is 1. The molecule has 2 heterocycles. The van der Waals surface area contributed by atoms with Gasteiger partial charge in [0.2, 0.25) is 11.8 Å². The number of carbonyl (C=O) groups excluding carboxylic acids is 2. The van der Waals surface area contributed by atoms with Crippen molar-refractivity contribution in [1.82, 2.24) is 4.90 Å². The van der Waals surface area contributed by atoms with Crippen LogP contribution < -0.4 is 15.8 Å². The third kappa shape index (κ3) is 4.51. The van der Waals surface area contributed by atoms with E-state index in [0.717, 1.165) is 11.4 Å². The molecule has 0 spiro atoms. The SMILES string of the molecule is COc1ccc(NC2=N[C@H]3[C@@H](O)[C@H](O)C[C@H](C(=O)N4CCC(C(N)=O)CC4)[C@H]3S2)cc1. The third-order valence-corrected chi connectivity index (χ3v) is 7.66. The number of likely N-dealkylation sites (tertiary alicyclic amines) is 1. The monoisotopic (exact) mass is 448 g/mol. The molecule has 2 amide bonds. The fourth-order valence-electron chi connectivity index (χ4n) is 4.51. The number of amidine groups is 1. The zero-order chi connectivity index (χ0) is 22.1. The van der Waals surface area contributed by atoms with Crippen molar-refractivity contribution < 1.29 is 24.5 Å². The van der Waals surface area contributed by atoms with Crippen molar-refractivity contribution in [3.05, 3.63) is 24.3 Å². The summed E-state index contributed by atoms with van der Waals surface area (Å²) in [5.74, 6) is -0.295. The van der Waals surface area contributed by atoms with E-state index >= 15 is 0 Å². The number of carbonyl (C=O) groups is 2. The number of ether oxygens (including phenoxy) is 1. The number of methoxy groups -OCH3 is 1. The van der Waals surface area contributed by atoms with Crippen LogP contribution in [0.25, 0.3) is 0 Å². The molecule has 31 heavy (non-hydrogen) atoms. The molecule has 1 aromatic rings. The van der Waals surface area contributed by atoms with E-state index in [9.17, 15) is 19.8 Å². The molecule has 0 unspecified atom stereocenters. The molecule has 2 fully saturated rings. The highest BCUT2D eigenvalue weighted by Crippen LogP contribution is 2.42. The maximum absolute atomic E-state index is 13.3. The van der Waals surface area contributed by atoms with Gasteiger partial charge < -0.3 is 30.9 Å². The topological polar surface area (TPSA) is 137 Å². The van der Waals surface area contributed by atoms with Gasteiger partial charge in [-0.05, 0) is 43.5 Å². The van der Waals surface area contributed by atoms with E-state index in [1.165, 1.54) is 11.8 Å². The van der Waals surface area contributed by atoms with Crippen LogP contribution in [0.15, 0.2) is 29.3 Å². The Hall–Kier alpha value is -2.30. The first-order valence-corrected chi connectivity index (χ1v) is 11.3. The minimum absolute atomic E-state index is 0.0581. The van der Waals surface area contributed by atoms with E-state index in [4.69, 9.17) is 10.5 Å². The Morgan fingerprint density at radius 3 is 2.52 bits per heavy atom. The van der Waals surface area contributed by atoms with E-state index in [1.54, 1.807) is 12.0 Å². The molecule has 0 radical (unpaired) electrons.